The second-order valence-corrected chi connectivity index (χ2v) is 6.92. The third kappa shape index (κ3) is 2.96. The maximum absolute atomic E-state index is 13.5. The van der Waals surface area contributed by atoms with Crippen molar-refractivity contribution in [2.45, 2.75) is 19.4 Å². The highest BCUT2D eigenvalue weighted by Crippen LogP contribution is 2.34. The van der Waals surface area contributed by atoms with Crippen molar-refractivity contribution >= 4 is 29.1 Å². The summed E-state index contributed by atoms with van der Waals surface area (Å²) in [7, 11) is 0. The van der Waals surface area contributed by atoms with E-state index in [0.717, 1.165) is 11.8 Å². The number of aromatic nitrogens is 4. The van der Waals surface area contributed by atoms with Crippen LogP contribution in [-0.4, -0.2) is 37.3 Å². The molecule has 27 heavy (non-hydrogen) atoms. The maximum Gasteiger partial charge on any atom is 0.255 e. The Hall–Kier alpha value is -2.51. The van der Waals surface area contributed by atoms with Crippen molar-refractivity contribution in [3.8, 4) is 5.82 Å². The van der Waals surface area contributed by atoms with Gasteiger partial charge in [-0.1, -0.05) is 34.5 Å². The first-order valence-corrected chi connectivity index (χ1v) is 9.05. The second kappa shape index (κ2) is 6.90. The van der Waals surface area contributed by atoms with Gasteiger partial charge in [0.1, 0.15) is 11.5 Å². The average molecular weight is 406 g/mol. The summed E-state index contributed by atoms with van der Waals surface area (Å²) in [6, 6.07) is 7.71. The smallest absolute Gasteiger partial charge is 0.255 e. The van der Waals surface area contributed by atoms with Gasteiger partial charge in [0.15, 0.2) is 5.82 Å². The van der Waals surface area contributed by atoms with Crippen LogP contribution >= 0.6 is 23.2 Å². The summed E-state index contributed by atoms with van der Waals surface area (Å²) in [5.41, 5.74) is 1.77. The van der Waals surface area contributed by atoms with Crippen LogP contribution in [0.5, 0.6) is 0 Å². The van der Waals surface area contributed by atoms with Gasteiger partial charge in [0.2, 0.25) is 0 Å². The molecule has 3 aromatic rings. The van der Waals surface area contributed by atoms with Crippen molar-refractivity contribution in [3.05, 3.63) is 69.3 Å². The lowest BCUT2D eigenvalue weighted by atomic mass is 10.0. The van der Waals surface area contributed by atoms with E-state index in [0.29, 0.717) is 24.5 Å². The molecular weight excluding hydrogens is 392 g/mol. The predicted molar refractivity (Wildman–Crippen MR) is 98.7 cm³/mol. The van der Waals surface area contributed by atoms with Crippen LogP contribution in [0.15, 0.2) is 36.5 Å². The number of carbonyl (C=O) groups excluding carboxylic acids is 1. The third-order valence-corrected chi connectivity index (χ3v) is 5.50. The number of fused-ring (bicyclic) bond motifs is 1. The molecule has 1 aromatic carbocycles. The summed E-state index contributed by atoms with van der Waals surface area (Å²) in [6.07, 6.45) is 2.24. The number of halogens is 3. The third-order valence-electron chi connectivity index (χ3n) is 4.64. The molecule has 6 nitrogen and oxygen atoms in total. The number of amides is 1. The highest BCUT2D eigenvalue weighted by atomic mass is 35.5. The molecule has 0 saturated heterocycles. The predicted octanol–water partition coefficient (Wildman–Crippen LogP) is 3.87. The van der Waals surface area contributed by atoms with E-state index >= 15 is 0 Å². The van der Waals surface area contributed by atoms with Gasteiger partial charge >= 0.3 is 0 Å². The molecule has 0 fully saturated rings. The maximum atomic E-state index is 13.5. The first-order valence-electron chi connectivity index (χ1n) is 8.29. The summed E-state index contributed by atoms with van der Waals surface area (Å²) in [5.74, 6) is -0.315. The minimum Gasteiger partial charge on any atom is -0.330 e. The van der Waals surface area contributed by atoms with E-state index in [9.17, 15) is 9.18 Å². The monoisotopic (exact) mass is 405 g/mol. The van der Waals surface area contributed by atoms with E-state index in [2.05, 4.69) is 15.3 Å². The summed E-state index contributed by atoms with van der Waals surface area (Å²) >= 11 is 11.9. The average Bonchev–Trinajstić information content (AvgIpc) is 3.12. The van der Waals surface area contributed by atoms with Gasteiger partial charge in [0.25, 0.3) is 5.91 Å². The number of carbonyl (C=O) groups is 1. The van der Waals surface area contributed by atoms with E-state index in [1.807, 2.05) is 25.1 Å². The summed E-state index contributed by atoms with van der Waals surface area (Å²) in [6.45, 7) is 2.31. The van der Waals surface area contributed by atoms with Crippen LogP contribution in [-0.2, 0) is 6.42 Å². The van der Waals surface area contributed by atoms with E-state index in [1.165, 1.54) is 6.07 Å². The van der Waals surface area contributed by atoms with Gasteiger partial charge in [-0.05, 0) is 31.2 Å². The largest absolute Gasteiger partial charge is 0.330 e. The van der Waals surface area contributed by atoms with Crippen molar-refractivity contribution < 1.29 is 9.18 Å². The molecule has 9 heteroatoms. The minimum absolute atomic E-state index is 0.0863. The minimum atomic E-state index is -0.662. The molecular formula is C18H14Cl2FN5O. The summed E-state index contributed by atoms with van der Waals surface area (Å²) < 4.78 is 15.2. The van der Waals surface area contributed by atoms with Crippen molar-refractivity contribution in [1.82, 2.24) is 24.9 Å². The first kappa shape index (κ1) is 17.9. The lowest BCUT2D eigenvalue weighted by Gasteiger charge is -2.33. The van der Waals surface area contributed by atoms with Crippen LogP contribution < -0.4 is 0 Å². The Morgan fingerprint density at radius 3 is 2.78 bits per heavy atom. The molecule has 0 radical (unpaired) electrons. The first-order chi connectivity index (χ1) is 13.0. The van der Waals surface area contributed by atoms with Crippen molar-refractivity contribution in [1.29, 1.82) is 0 Å². The molecule has 1 aliphatic heterocycles. The van der Waals surface area contributed by atoms with E-state index in [1.54, 1.807) is 15.8 Å². The van der Waals surface area contributed by atoms with Gasteiger partial charge in [-0.15, -0.1) is 5.10 Å². The molecule has 1 atom stereocenters. The number of hydrogen-bond donors (Lipinski definition) is 0. The Morgan fingerprint density at radius 2 is 2.04 bits per heavy atom. The van der Waals surface area contributed by atoms with Crippen molar-refractivity contribution in [2.75, 3.05) is 6.54 Å². The molecule has 138 valence electrons. The fraction of sp³-hybridized carbons (Fsp3) is 0.222. The van der Waals surface area contributed by atoms with Gasteiger partial charge < -0.3 is 4.90 Å². The summed E-state index contributed by atoms with van der Waals surface area (Å²) in [5, 5.41) is 8.11. The van der Waals surface area contributed by atoms with Crippen LogP contribution in [0.3, 0.4) is 0 Å². The molecule has 1 aliphatic rings. The molecule has 0 saturated carbocycles. The van der Waals surface area contributed by atoms with Gasteiger partial charge in [0, 0.05) is 19.2 Å². The van der Waals surface area contributed by atoms with Gasteiger partial charge in [-0.2, -0.15) is 4.68 Å². The van der Waals surface area contributed by atoms with Crippen LogP contribution in [0.2, 0.25) is 10.0 Å². The van der Waals surface area contributed by atoms with Crippen molar-refractivity contribution in [3.63, 3.8) is 0 Å². The number of pyridine rings is 1. The zero-order valence-corrected chi connectivity index (χ0v) is 15.7. The van der Waals surface area contributed by atoms with E-state index in [-0.39, 0.29) is 27.6 Å². The topological polar surface area (TPSA) is 63.9 Å². The van der Waals surface area contributed by atoms with E-state index < -0.39 is 5.82 Å². The Bertz CT molecular complexity index is 1020. The van der Waals surface area contributed by atoms with Crippen LogP contribution in [0, 0.1) is 5.82 Å². The molecule has 2 aromatic heterocycles. The fourth-order valence-electron chi connectivity index (χ4n) is 3.23. The van der Waals surface area contributed by atoms with Crippen LogP contribution in [0.25, 0.3) is 5.82 Å². The molecule has 0 unspecified atom stereocenters. The Labute approximate surface area is 164 Å². The SMILES string of the molecule is C[C@H]1c2nnn(-c3ccccn3)c2CCN1C(=O)c1ccc(F)c(Cl)c1Cl. The number of hydrogen-bond acceptors (Lipinski definition) is 4. The molecule has 0 aliphatic carbocycles. The molecule has 1 amide bonds. The fourth-order valence-corrected chi connectivity index (χ4v) is 3.62. The zero-order chi connectivity index (χ0) is 19.1. The van der Waals surface area contributed by atoms with Crippen LogP contribution in [0.4, 0.5) is 4.39 Å². The number of nitrogens with zero attached hydrogens (tertiary/aromatic N) is 5. The second-order valence-electron chi connectivity index (χ2n) is 6.17. The molecule has 4 rings (SSSR count). The Kier molecular flexibility index (Phi) is 4.57. The highest BCUT2D eigenvalue weighted by Gasteiger charge is 2.34. The normalized spacial score (nSPS) is 16.3. The van der Waals surface area contributed by atoms with Crippen LogP contribution in [0.1, 0.15) is 34.7 Å². The Balaban J connectivity index is 1.67. The Morgan fingerprint density at radius 1 is 1.22 bits per heavy atom. The lowest BCUT2D eigenvalue weighted by Crippen LogP contribution is -2.39. The standard InChI is InChI=1S/C18H14Cl2FN5O/c1-10-17-13(26(24-23-17)14-4-2-3-8-22-14)7-9-25(10)18(27)11-5-6-12(21)16(20)15(11)19/h2-6,8,10H,7,9H2,1H3/t10-/m0/s1. The van der Waals surface area contributed by atoms with Crippen molar-refractivity contribution in [2.24, 2.45) is 0 Å². The molecule has 0 N–H and O–H groups in total. The highest BCUT2D eigenvalue weighted by molar-refractivity contribution is 6.44. The molecule has 0 bridgehead atoms. The van der Waals surface area contributed by atoms with Gasteiger partial charge in [0.05, 0.1) is 27.3 Å². The zero-order valence-electron chi connectivity index (χ0n) is 14.2. The number of rotatable bonds is 2. The van der Waals surface area contributed by atoms with Gasteiger partial charge in [-0.25, -0.2) is 9.37 Å². The summed E-state index contributed by atoms with van der Waals surface area (Å²) in [4.78, 5) is 18.9. The van der Waals surface area contributed by atoms with E-state index in [4.69, 9.17) is 23.2 Å². The quantitative estimate of drug-likeness (QED) is 0.607. The molecule has 3 heterocycles. The number of benzene rings is 1. The van der Waals surface area contributed by atoms with Gasteiger partial charge in [-0.3, -0.25) is 4.79 Å². The lowest BCUT2D eigenvalue weighted by molar-refractivity contribution is 0.0672. The molecule has 0 spiro atoms.